The molecule has 1 amide bonds. The Hall–Kier alpha value is -1.62. The summed E-state index contributed by atoms with van der Waals surface area (Å²) in [5.74, 6) is 0. The maximum absolute atomic E-state index is 9.84. The molecule has 0 unspecified atom stereocenters. The van der Waals surface area contributed by atoms with Gasteiger partial charge in [0.1, 0.15) is 0 Å². The van der Waals surface area contributed by atoms with E-state index in [0.29, 0.717) is 0 Å². The summed E-state index contributed by atoms with van der Waals surface area (Å²) in [6.07, 6.45) is 3.10. The van der Waals surface area contributed by atoms with Crippen LogP contribution in [0.1, 0.15) is 5.56 Å². The van der Waals surface area contributed by atoms with Gasteiger partial charge in [0.2, 0.25) is 0 Å². The van der Waals surface area contributed by atoms with Gasteiger partial charge in [0.15, 0.2) is 6.09 Å². The summed E-state index contributed by atoms with van der Waals surface area (Å²) in [5.41, 5.74) is 2.51. The Morgan fingerprint density at radius 2 is 2.15 bits per heavy atom. The SMILES string of the molecule is Cl.O=C([O-])N/N=C/c1ccncc1. The second kappa shape index (κ2) is 5.96. The molecular formula is C7H7ClN3O2-. The maximum Gasteiger partial charge on any atom is 0.155 e. The molecule has 13 heavy (non-hydrogen) atoms. The monoisotopic (exact) mass is 200 g/mol. The van der Waals surface area contributed by atoms with Crippen LogP contribution >= 0.6 is 12.4 Å². The molecule has 6 heteroatoms. The van der Waals surface area contributed by atoms with Crippen LogP contribution in [-0.4, -0.2) is 17.3 Å². The molecule has 5 nitrogen and oxygen atoms in total. The van der Waals surface area contributed by atoms with Crippen molar-refractivity contribution in [2.24, 2.45) is 5.10 Å². The molecule has 0 spiro atoms. The van der Waals surface area contributed by atoms with E-state index in [9.17, 15) is 9.90 Å². The lowest BCUT2D eigenvalue weighted by molar-refractivity contribution is -0.250. The van der Waals surface area contributed by atoms with E-state index in [0.717, 1.165) is 5.56 Å². The lowest BCUT2D eigenvalue weighted by atomic mass is 10.3. The molecular weight excluding hydrogens is 194 g/mol. The summed E-state index contributed by atoms with van der Waals surface area (Å²) < 4.78 is 0. The van der Waals surface area contributed by atoms with Crippen LogP contribution in [-0.2, 0) is 0 Å². The zero-order valence-corrected chi connectivity index (χ0v) is 7.32. The van der Waals surface area contributed by atoms with Crippen molar-refractivity contribution in [1.82, 2.24) is 10.4 Å². The topological polar surface area (TPSA) is 77.4 Å². The zero-order valence-electron chi connectivity index (χ0n) is 6.51. The Bertz CT molecular complexity index is 289. The Balaban J connectivity index is 0.00000144. The zero-order chi connectivity index (χ0) is 8.81. The highest BCUT2D eigenvalue weighted by molar-refractivity contribution is 5.85. The lowest BCUT2D eigenvalue weighted by Gasteiger charge is -1.96. The largest absolute Gasteiger partial charge is 0.529 e. The summed E-state index contributed by atoms with van der Waals surface area (Å²) in [5, 5.41) is 13.2. The highest BCUT2D eigenvalue weighted by Gasteiger charge is 1.82. The molecule has 1 aromatic rings. The number of hydrazone groups is 1. The first kappa shape index (κ1) is 11.4. The fourth-order valence-electron chi connectivity index (χ4n) is 0.609. The smallest absolute Gasteiger partial charge is 0.155 e. The third-order valence-electron chi connectivity index (χ3n) is 1.08. The normalized spacial score (nSPS) is 9.23. The molecule has 1 heterocycles. The first-order valence-electron chi connectivity index (χ1n) is 3.19. The Labute approximate surface area is 80.9 Å². The summed E-state index contributed by atoms with van der Waals surface area (Å²) in [6, 6.07) is 3.39. The molecule has 0 aromatic carbocycles. The van der Waals surface area contributed by atoms with E-state index in [4.69, 9.17) is 0 Å². The molecule has 1 rings (SSSR count). The second-order valence-corrected chi connectivity index (χ2v) is 1.94. The number of hydrogen-bond donors (Lipinski definition) is 1. The molecule has 0 bridgehead atoms. The van der Waals surface area contributed by atoms with Gasteiger partial charge in [0.25, 0.3) is 0 Å². The molecule has 0 saturated carbocycles. The van der Waals surface area contributed by atoms with Crippen molar-refractivity contribution >= 4 is 24.7 Å². The fraction of sp³-hybridized carbons (Fsp3) is 0. The van der Waals surface area contributed by atoms with Gasteiger partial charge in [0, 0.05) is 12.4 Å². The van der Waals surface area contributed by atoms with Crippen LogP contribution in [0.3, 0.4) is 0 Å². The van der Waals surface area contributed by atoms with Crippen molar-refractivity contribution in [3.8, 4) is 0 Å². The number of halogens is 1. The molecule has 0 saturated heterocycles. The minimum Gasteiger partial charge on any atom is -0.529 e. The minimum atomic E-state index is -1.43. The molecule has 1 N–H and O–H groups in total. The van der Waals surface area contributed by atoms with E-state index >= 15 is 0 Å². The molecule has 0 aliphatic heterocycles. The molecule has 0 atom stereocenters. The van der Waals surface area contributed by atoms with Crippen LogP contribution in [0, 0.1) is 0 Å². The number of nitrogens with one attached hydrogen (secondary N) is 1. The Morgan fingerprint density at radius 1 is 1.54 bits per heavy atom. The third kappa shape index (κ3) is 4.76. The van der Waals surface area contributed by atoms with Crippen LogP contribution in [0.25, 0.3) is 0 Å². The summed E-state index contributed by atoms with van der Waals surface area (Å²) in [4.78, 5) is 13.6. The molecule has 0 fully saturated rings. The van der Waals surface area contributed by atoms with Gasteiger partial charge in [-0.25, -0.2) is 0 Å². The molecule has 0 aliphatic rings. The van der Waals surface area contributed by atoms with Crippen molar-refractivity contribution in [1.29, 1.82) is 0 Å². The van der Waals surface area contributed by atoms with Crippen molar-refractivity contribution in [3.63, 3.8) is 0 Å². The summed E-state index contributed by atoms with van der Waals surface area (Å²) >= 11 is 0. The maximum atomic E-state index is 9.84. The van der Waals surface area contributed by atoms with E-state index in [2.05, 4.69) is 10.1 Å². The van der Waals surface area contributed by atoms with Gasteiger partial charge in [-0.2, -0.15) is 5.10 Å². The highest BCUT2D eigenvalue weighted by Crippen LogP contribution is 1.89. The van der Waals surface area contributed by atoms with Gasteiger partial charge in [-0.15, -0.1) is 12.4 Å². The Kier molecular flexibility index (Phi) is 5.22. The van der Waals surface area contributed by atoms with Crippen LogP contribution in [0.2, 0.25) is 0 Å². The van der Waals surface area contributed by atoms with E-state index in [1.807, 2.05) is 0 Å². The number of hydrogen-bond acceptors (Lipinski definition) is 4. The first-order chi connectivity index (χ1) is 5.79. The molecule has 0 radical (unpaired) electrons. The number of carbonyl (C=O) groups is 1. The van der Waals surface area contributed by atoms with E-state index in [1.54, 1.807) is 30.0 Å². The van der Waals surface area contributed by atoms with Gasteiger partial charge in [0.05, 0.1) is 6.21 Å². The van der Waals surface area contributed by atoms with E-state index in [-0.39, 0.29) is 12.4 Å². The average Bonchev–Trinajstić information content (AvgIpc) is 2.05. The average molecular weight is 201 g/mol. The Morgan fingerprint density at radius 3 is 2.69 bits per heavy atom. The number of pyridine rings is 1. The van der Waals surface area contributed by atoms with Gasteiger partial charge in [-0.05, 0) is 17.7 Å². The van der Waals surface area contributed by atoms with Crippen molar-refractivity contribution < 1.29 is 9.90 Å². The highest BCUT2D eigenvalue weighted by atomic mass is 35.5. The van der Waals surface area contributed by atoms with E-state index in [1.165, 1.54) is 6.21 Å². The quantitative estimate of drug-likeness (QED) is 0.529. The number of carboxylic acid groups (broad SMARTS) is 1. The number of aromatic nitrogens is 1. The van der Waals surface area contributed by atoms with Crippen LogP contribution < -0.4 is 10.5 Å². The van der Waals surface area contributed by atoms with E-state index < -0.39 is 6.09 Å². The molecule has 0 aliphatic carbocycles. The molecule has 1 aromatic heterocycles. The molecule has 70 valence electrons. The summed E-state index contributed by atoms with van der Waals surface area (Å²) in [7, 11) is 0. The number of amides is 1. The first-order valence-corrected chi connectivity index (χ1v) is 3.19. The van der Waals surface area contributed by atoms with Gasteiger partial charge in [-0.3, -0.25) is 10.4 Å². The predicted octanol–water partition coefficient (Wildman–Crippen LogP) is -0.230. The van der Waals surface area contributed by atoms with Crippen molar-refractivity contribution in [2.45, 2.75) is 0 Å². The standard InChI is InChI=1S/C7H7N3O2.ClH/c11-7(12)10-9-5-6-1-3-8-4-2-6;/h1-5,10H,(H,11,12);1H/p-1/b9-5+;. The summed E-state index contributed by atoms with van der Waals surface area (Å²) in [6.45, 7) is 0. The second-order valence-electron chi connectivity index (χ2n) is 1.94. The van der Waals surface area contributed by atoms with Crippen molar-refractivity contribution in [2.75, 3.05) is 0 Å². The van der Waals surface area contributed by atoms with Crippen molar-refractivity contribution in [3.05, 3.63) is 30.1 Å². The lowest BCUT2D eigenvalue weighted by Crippen LogP contribution is -2.32. The van der Waals surface area contributed by atoms with Gasteiger partial charge < -0.3 is 9.90 Å². The number of carbonyl (C=O) groups excluding carboxylic acids is 1. The number of rotatable bonds is 2. The van der Waals surface area contributed by atoms with Crippen LogP contribution in [0.4, 0.5) is 4.79 Å². The predicted molar refractivity (Wildman–Crippen MR) is 47.6 cm³/mol. The van der Waals surface area contributed by atoms with Crippen LogP contribution in [0.5, 0.6) is 0 Å². The third-order valence-corrected chi connectivity index (χ3v) is 1.08. The minimum absolute atomic E-state index is 0. The number of nitrogens with zero attached hydrogens (tertiary/aromatic N) is 2. The van der Waals surface area contributed by atoms with Crippen LogP contribution in [0.15, 0.2) is 29.6 Å². The van der Waals surface area contributed by atoms with Gasteiger partial charge in [-0.1, -0.05) is 0 Å². The van der Waals surface area contributed by atoms with Gasteiger partial charge >= 0.3 is 0 Å². The fourth-order valence-corrected chi connectivity index (χ4v) is 0.609.